The summed E-state index contributed by atoms with van der Waals surface area (Å²) in [5.41, 5.74) is 2.60. The van der Waals surface area contributed by atoms with Crippen LogP contribution in [-0.2, 0) is 4.79 Å². The summed E-state index contributed by atoms with van der Waals surface area (Å²) in [7, 11) is 0. The average molecular weight is 302 g/mol. The third kappa shape index (κ3) is 2.78. The SMILES string of the molecule is Cc1ccccc1N=C1NC(=O)/C(=C/c2csnn2)S1. The highest BCUT2D eigenvalue weighted by Crippen LogP contribution is 2.28. The first-order valence-corrected chi connectivity index (χ1v) is 7.50. The van der Waals surface area contributed by atoms with Crippen LogP contribution in [0.15, 0.2) is 39.5 Å². The Labute approximate surface area is 124 Å². The topological polar surface area (TPSA) is 67.2 Å². The lowest BCUT2D eigenvalue weighted by atomic mass is 10.2. The number of rotatable bonds is 2. The van der Waals surface area contributed by atoms with Crippen LogP contribution in [0.2, 0.25) is 0 Å². The Kier molecular flexibility index (Phi) is 3.62. The van der Waals surface area contributed by atoms with Crippen LogP contribution < -0.4 is 5.32 Å². The molecule has 1 amide bonds. The lowest BCUT2D eigenvalue weighted by Crippen LogP contribution is -2.19. The van der Waals surface area contributed by atoms with Crippen molar-refractivity contribution in [3.8, 4) is 0 Å². The number of carbonyl (C=O) groups excluding carboxylic acids is 1. The van der Waals surface area contributed by atoms with Gasteiger partial charge in [0.2, 0.25) is 0 Å². The van der Waals surface area contributed by atoms with Gasteiger partial charge in [0.25, 0.3) is 5.91 Å². The number of nitrogens with one attached hydrogen (secondary N) is 1. The van der Waals surface area contributed by atoms with Crippen molar-refractivity contribution in [2.75, 3.05) is 0 Å². The summed E-state index contributed by atoms with van der Waals surface area (Å²) >= 11 is 2.56. The van der Waals surface area contributed by atoms with Gasteiger partial charge in [-0.2, -0.15) is 0 Å². The fourth-order valence-corrected chi connectivity index (χ4v) is 2.88. The molecule has 0 aliphatic carbocycles. The minimum absolute atomic E-state index is 0.157. The summed E-state index contributed by atoms with van der Waals surface area (Å²) < 4.78 is 3.76. The summed E-state index contributed by atoms with van der Waals surface area (Å²) in [4.78, 5) is 16.9. The van der Waals surface area contributed by atoms with Crippen molar-refractivity contribution in [2.45, 2.75) is 6.92 Å². The second-order valence-electron chi connectivity index (χ2n) is 4.10. The molecule has 0 unspecified atom stereocenters. The van der Waals surface area contributed by atoms with Gasteiger partial charge in [0.1, 0.15) is 0 Å². The Balaban J connectivity index is 1.85. The van der Waals surface area contributed by atoms with Crippen molar-refractivity contribution in [1.82, 2.24) is 14.9 Å². The molecule has 0 saturated carbocycles. The second kappa shape index (κ2) is 5.56. The van der Waals surface area contributed by atoms with Gasteiger partial charge in [-0.05, 0) is 47.9 Å². The van der Waals surface area contributed by atoms with Crippen molar-refractivity contribution < 1.29 is 4.79 Å². The Morgan fingerprint density at radius 2 is 2.20 bits per heavy atom. The number of nitrogens with zero attached hydrogens (tertiary/aromatic N) is 3. The highest BCUT2D eigenvalue weighted by atomic mass is 32.2. The minimum atomic E-state index is -0.157. The summed E-state index contributed by atoms with van der Waals surface area (Å²) in [6.07, 6.45) is 1.71. The van der Waals surface area contributed by atoms with Gasteiger partial charge in [-0.1, -0.05) is 22.7 Å². The van der Waals surface area contributed by atoms with Gasteiger partial charge in [0.05, 0.1) is 16.3 Å². The summed E-state index contributed by atoms with van der Waals surface area (Å²) in [6, 6.07) is 7.78. The Hall–Kier alpha value is -1.99. The maximum Gasteiger partial charge on any atom is 0.264 e. The molecule has 3 rings (SSSR count). The fraction of sp³-hybridized carbons (Fsp3) is 0.0769. The molecular formula is C13H10N4OS2. The molecule has 0 atom stereocenters. The number of thioether (sulfide) groups is 1. The molecule has 1 N–H and O–H groups in total. The largest absolute Gasteiger partial charge is 0.300 e. The highest BCUT2D eigenvalue weighted by molar-refractivity contribution is 8.18. The zero-order valence-electron chi connectivity index (χ0n) is 10.5. The van der Waals surface area contributed by atoms with E-state index in [4.69, 9.17) is 0 Å². The predicted molar refractivity (Wildman–Crippen MR) is 81.9 cm³/mol. The molecular weight excluding hydrogens is 292 g/mol. The summed E-state index contributed by atoms with van der Waals surface area (Å²) in [5.74, 6) is -0.157. The molecule has 1 aliphatic rings. The quantitative estimate of drug-likeness (QED) is 0.866. The maximum absolute atomic E-state index is 11.9. The van der Waals surface area contributed by atoms with Gasteiger partial charge in [0, 0.05) is 5.38 Å². The predicted octanol–water partition coefficient (Wildman–Crippen LogP) is 2.74. The molecule has 1 saturated heterocycles. The lowest BCUT2D eigenvalue weighted by Gasteiger charge is -1.99. The summed E-state index contributed by atoms with van der Waals surface area (Å²) in [5, 5.41) is 9.02. The minimum Gasteiger partial charge on any atom is -0.300 e. The van der Waals surface area contributed by atoms with E-state index >= 15 is 0 Å². The molecule has 5 nitrogen and oxygen atoms in total. The molecule has 100 valence electrons. The Morgan fingerprint density at radius 1 is 1.35 bits per heavy atom. The van der Waals surface area contributed by atoms with E-state index in [0.29, 0.717) is 15.8 Å². The molecule has 1 aromatic carbocycles. The number of carbonyl (C=O) groups is 1. The Morgan fingerprint density at radius 3 is 2.95 bits per heavy atom. The van der Waals surface area contributed by atoms with Gasteiger partial charge in [-0.15, -0.1) is 5.10 Å². The van der Waals surface area contributed by atoms with Crippen molar-refractivity contribution >= 4 is 46.1 Å². The number of para-hydroxylation sites is 1. The van der Waals surface area contributed by atoms with Crippen LogP contribution in [0.4, 0.5) is 5.69 Å². The molecule has 1 aromatic heterocycles. The van der Waals surface area contributed by atoms with Crippen LogP contribution in [0.3, 0.4) is 0 Å². The molecule has 2 heterocycles. The van der Waals surface area contributed by atoms with Crippen LogP contribution >= 0.6 is 23.3 Å². The van der Waals surface area contributed by atoms with Crippen LogP contribution in [0.25, 0.3) is 6.08 Å². The van der Waals surface area contributed by atoms with E-state index in [9.17, 15) is 4.79 Å². The third-order valence-electron chi connectivity index (χ3n) is 2.64. The average Bonchev–Trinajstić information content (AvgIpc) is 3.04. The van der Waals surface area contributed by atoms with Crippen molar-refractivity contribution in [3.05, 3.63) is 45.8 Å². The van der Waals surface area contributed by atoms with Crippen LogP contribution in [0.5, 0.6) is 0 Å². The maximum atomic E-state index is 11.9. The molecule has 7 heteroatoms. The monoisotopic (exact) mass is 302 g/mol. The van der Waals surface area contributed by atoms with Gasteiger partial charge >= 0.3 is 0 Å². The third-order valence-corrected chi connectivity index (χ3v) is 4.08. The van der Waals surface area contributed by atoms with E-state index in [-0.39, 0.29) is 5.91 Å². The first-order valence-electron chi connectivity index (χ1n) is 5.84. The number of benzene rings is 1. The standard InChI is InChI=1S/C13H10N4OS2/c1-8-4-2-3-5-10(8)14-13-15-12(18)11(20-13)6-9-7-19-17-16-9/h2-7H,1H3,(H,14,15,18)/b11-6-. The Bertz CT molecular complexity index is 707. The number of hydrogen-bond donors (Lipinski definition) is 1. The smallest absolute Gasteiger partial charge is 0.264 e. The zero-order chi connectivity index (χ0) is 13.9. The zero-order valence-corrected chi connectivity index (χ0v) is 12.2. The molecule has 0 radical (unpaired) electrons. The number of aliphatic imine (C=N–C) groups is 1. The van der Waals surface area contributed by atoms with Crippen molar-refractivity contribution in [1.29, 1.82) is 0 Å². The number of aryl methyl sites for hydroxylation is 1. The van der Waals surface area contributed by atoms with E-state index in [1.54, 1.807) is 11.5 Å². The second-order valence-corrected chi connectivity index (χ2v) is 5.74. The molecule has 20 heavy (non-hydrogen) atoms. The molecule has 1 aliphatic heterocycles. The lowest BCUT2D eigenvalue weighted by molar-refractivity contribution is -0.115. The van der Waals surface area contributed by atoms with Crippen molar-refractivity contribution in [3.63, 3.8) is 0 Å². The van der Waals surface area contributed by atoms with Crippen LogP contribution in [0.1, 0.15) is 11.3 Å². The number of amides is 1. The first-order chi connectivity index (χ1) is 9.72. The number of aromatic nitrogens is 2. The summed E-state index contributed by atoms with van der Waals surface area (Å²) in [6.45, 7) is 1.98. The fourth-order valence-electron chi connectivity index (χ4n) is 1.65. The normalized spacial score (nSPS) is 18.8. The van der Waals surface area contributed by atoms with E-state index in [1.165, 1.54) is 23.3 Å². The number of hydrogen-bond acceptors (Lipinski definition) is 6. The number of amidine groups is 1. The van der Waals surface area contributed by atoms with Gasteiger partial charge < -0.3 is 5.32 Å². The molecule has 2 aromatic rings. The van der Waals surface area contributed by atoms with Crippen LogP contribution in [-0.4, -0.2) is 20.7 Å². The van der Waals surface area contributed by atoms with Gasteiger partial charge in [-0.25, -0.2) is 4.99 Å². The van der Waals surface area contributed by atoms with Crippen molar-refractivity contribution in [2.24, 2.45) is 4.99 Å². The molecule has 0 spiro atoms. The van der Waals surface area contributed by atoms with E-state index < -0.39 is 0 Å². The first kappa shape index (κ1) is 13.0. The van der Waals surface area contributed by atoms with E-state index in [2.05, 4.69) is 19.9 Å². The highest BCUT2D eigenvalue weighted by Gasteiger charge is 2.24. The van der Waals surface area contributed by atoms with E-state index in [1.807, 2.05) is 31.2 Å². The van der Waals surface area contributed by atoms with Gasteiger partial charge in [-0.3, -0.25) is 4.79 Å². The van der Waals surface area contributed by atoms with Gasteiger partial charge in [0.15, 0.2) is 5.17 Å². The van der Waals surface area contributed by atoms with E-state index in [0.717, 1.165) is 11.3 Å². The molecule has 1 fully saturated rings. The van der Waals surface area contributed by atoms with Crippen LogP contribution in [0, 0.1) is 6.92 Å². The molecule has 0 bridgehead atoms.